The average Bonchev–Trinajstić information content (AvgIpc) is 3.44. The van der Waals surface area contributed by atoms with Gasteiger partial charge in [0.2, 0.25) is 5.71 Å². The van der Waals surface area contributed by atoms with E-state index in [0.717, 1.165) is 27.8 Å². The van der Waals surface area contributed by atoms with Gasteiger partial charge in [-0.3, -0.25) is 0 Å². The largest absolute Gasteiger partial charge is 0.435 e. The number of fused-ring (bicyclic) bond motifs is 4. The number of hydrogen-bond acceptors (Lipinski definition) is 4. The number of benzene rings is 2. The lowest BCUT2D eigenvalue weighted by Gasteiger charge is -2.35. The number of aromatic nitrogens is 1. The van der Waals surface area contributed by atoms with Crippen LogP contribution in [0.5, 0.6) is 0 Å². The summed E-state index contributed by atoms with van der Waals surface area (Å²) in [5.74, 6) is 0. The normalized spacial score (nSPS) is 19.4. The number of hydrogen-bond donors (Lipinski definition) is 0. The van der Waals surface area contributed by atoms with E-state index in [-0.39, 0.29) is 6.17 Å². The molecule has 30 heavy (non-hydrogen) atoms. The van der Waals surface area contributed by atoms with Gasteiger partial charge >= 0.3 is 0 Å². The summed E-state index contributed by atoms with van der Waals surface area (Å²) in [5, 5.41) is 2.23. The molecule has 0 saturated heterocycles. The summed E-state index contributed by atoms with van der Waals surface area (Å²) in [6, 6.07) is 18.1. The number of pyridine rings is 1. The van der Waals surface area contributed by atoms with Crippen molar-refractivity contribution in [3.05, 3.63) is 59.8 Å². The van der Waals surface area contributed by atoms with Crippen LogP contribution >= 0.6 is 0 Å². The molecule has 1 atom stereocenters. The fourth-order valence-corrected chi connectivity index (χ4v) is 5.60. The quantitative estimate of drug-likeness (QED) is 0.370. The molecule has 4 aromatic rings. The van der Waals surface area contributed by atoms with Gasteiger partial charge in [-0.2, -0.15) is 0 Å². The minimum absolute atomic E-state index is 0.248. The van der Waals surface area contributed by atoms with Crippen LogP contribution in [0, 0.1) is 13.8 Å². The number of anilines is 3. The molecule has 0 radical (unpaired) electrons. The second kappa shape index (κ2) is 6.49. The van der Waals surface area contributed by atoms with Crippen LogP contribution in [0.1, 0.15) is 43.9 Å². The van der Waals surface area contributed by atoms with Crippen LogP contribution in [0.4, 0.5) is 17.1 Å². The highest BCUT2D eigenvalue weighted by molar-refractivity contribution is 6.10. The number of furan rings is 1. The molecule has 6 rings (SSSR count). The van der Waals surface area contributed by atoms with E-state index < -0.39 is 0 Å². The summed E-state index contributed by atoms with van der Waals surface area (Å²) in [5.41, 5.74) is 7.67. The molecule has 2 aromatic carbocycles. The second-order valence-corrected chi connectivity index (χ2v) is 8.85. The molecule has 4 nitrogen and oxygen atoms in total. The fraction of sp³-hybridized carbons (Fsp3) is 0.346. The Bertz CT molecular complexity index is 1270. The zero-order valence-corrected chi connectivity index (χ0v) is 17.9. The number of rotatable bonds is 2. The van der Waals surface area contributed by atoms with Gasteiger partial charge in [-0.15, -0.1) is 0 Å². The maximum Gasteiger partial charge on any atom is 0.227 e. The highest BCUT2D eigenvalue weighted by atomic mass is 16.3. The summed E-state index contributed by atoms with van der Waals surface area (Å²) >= 11 is 0. The van der Waals surface area contributed by atoms with E-state index in [1.807, 2.05) is 6.92 Å². The predicted octanol–water partition coefficient (Wildman–Crippen LogP) is 6.84. The Balaban J connectivity index is 1.60. The van der Waals surface area contributed by atoms with Gasteiger partial charge in [-0.25, -0.2) is 4.98 Å². The topological polar surface area (TPSA) is 32.5 Å². The first-order chi connectivity index (χ1) is 14.6. The highest BCUT2D eigenvalue weighted by Gasteiger charge is 2.40. The monoisotopic (exact) mass is 397 g/mol. The van der Waals surface area contributed by atoms with Crippen molar-refractivity contribution in [3.63, 3.8) is 0 Å². The van der Waals surface area contributed by atoms with Crippen molar-refractivity contribution in [1.82, 2.24) is 4.98 Å². The van der Waals surface area contributed by atoms with Crippen LogP contribution in [0.15, 0.2) is 52.9 Å². The maximum atomic E-state index is 6.41. The minimum Gasteiger partial charge on any atom is -0.435 e. The zero-order chi connectivity index (χ0) is 20.4. The zero-order valence-electron chi connectivity index (χ0n) is 17.9. The molecule has 1 fully saturated rings. The summed E-state index contributed by atoms with van der Waals surface area (Å²) in [6.45, 7) is 6.53. The second-order valence-electron chi connectivity index (χ2n) is 8.85. The van der Waals surface area contributed by atoms with E-state index in [9.17, 15) is 0 Å². The van der Waals surface area contributed by atoms with Crippen LogP contribution in [-0.4, -0.2) is 17.2 Å². The summed E-state index contributed by atoms with van der Waals surface area (Å²) in [7, 11) is 0. The standard InChI is InChI=1S/C26H27N3O/c1-16-12-14-20-21-15-13-17(2)27-26(21)30-25(20)24(16)29-18(3)28(19-8-4-5-9-19)22-10-6-7-11-23(22)29/h6-7,10-15,18-19H,4-5,8-9H2,1-3H3/t18-/m0/s1. The van der Waals surface area contributed by atoms with Gasteiger partial charge < -0.3 is 14.2 Å². The Morgan fingerprint density at radius 1 is 0.900 bits per heavy atom. The van der Waals surface area contributed by atoms with Crippen LogP contribution in [0.2, 0.25) is 0 Å². The molecule has 0 unspecified atom stereocenters. The average molecular weight is 398 g/mol. The van der Waals surface area contributed by atoms with E-state index in [1.54, 1.807) is 0 Å². The van der Waals surface area contributed by atoms with Crippen molar-refractivity contribution in [1.29, 1.82) is 0 Å². The van der Waals surface area contributed by atoms with Crippen molar-refractivity contribution in [2.75, 3.05) is 9.80 Å². The molecule has 0 N–H and O–H groups in total. The van der Waals surface area contributed by atoms with Crippen LogP contribution in [0.3, 0.4) is 0 Å². The molecule has 0 spiro atoms. The SMILES string of the molecule is Cc1ccc2c(n1)oc1c(N3c4ccccc4N(C4CCCC4)[C@@H]3C)c(C)ccc12. The molecule has 2 aromatic heterocycles. The summed E-state index contributed by atoms with van der Waals surface area (Å²) < 4.78 is 6.41. The number of para-hydroxylation sites is 2. The highest BCUT2D eigenvalue weighted by Crippen LogP contribution is 2.50. The van der Waals surface area contributed by atoms with E-state index in [2.05, 4.69) is 77.2 Å². The lowest BCUT2D eigenvalue weighted by Crippen LogP contribution is -2.44. The van der Waals surface area contributed by atoms with Gasteiger partial charge in [0, 0.05) is 22.5 Å². The number of nitrogens with zero attached hydrogens (tertiary/aromatic N) is 3. The molecule has 2 aliphatic rings. The van der Waals surface area contributed by atoms with Crippen molar-refractivity contribution in [3.8, 4) is 0 Å². The smallest absolute Gasteiger partial charge is 0.227 e. The first-order valence-electron chi connectivity index (χ1n) is 11.1. The van der Waals surface area contributed by atoms with Crippen LogP contribution in [0.25, 0.3) is 22.1 Å². The Morgan fingerprint density at radius 3 is 2.43 bits per heavy atom. The van der Waals surface area contributed by atoms with Gasteiger partial charge in [-0.1, -0.05) is 37.1 Å². The van der Waals surface area contributed by atoms with Gasteiger partial charge in [0.05, 0.1) is 17.1 Å². The molecule has 152 valence electrons. The third kappa shape index (κ3) is 2.43. The molecule has 4 heteroatoms. The maximum absolute atomic E-state index is 6.41. The molecular formula is C26H27N3O. The third-order valence-electron chi connectivity index (χ3n) is 6.98. The van der Waals surface area contributed by atoms with E-state index in [0.29, 0.717) is 6.04 Å². The van der Waals surface area contributed by atoms with Gasteiger partial charge in [0.25, 0.3) is 0 Å². The van der Waals surface area contributed by atoms with E-state index in [1.165, 1.54) is 48.3 Å². The first kappa shape index (κ1) is 17.8. The fourth-order valence-electron chi connectivity index (χ4n) is 5.60. The van der Waals surface area contributed by atoms with Crippen molar-refractivity contribution < 1.29 is 4.42 Å². The Hall–Kier alpha value is -3.01. The van der Waals surface area contributed by atoms with Crippen molar-refractivity contribution in [2.24, 2.45) is 0 Å². The molecule has 1 aliphatic carbocycles. The van der Waals surface area contributed by atoms with Gasteiger partial charge in [-0.05, 0) is 63.4 Å². The van der Waals surface area contributed by atoms with Crippen molar-refractivity contribution in [2.45, 2.75) is 58.7 Å². The Labute approximate surface area is 177 Å². The van der Waals surface area contributed by atoms with Crippen LogP contribution < -0.4 is 9.80 Å². The molecule has 0 bridgehead atoms. The summed E-state index contributed by atoms with van der Waals surface area (Å²) in [6.07, 6.45) is 5.48. The molecular weight excluding hydrogens is 370 g/mol. The first-order valence-corrected chi connectivity index (χ1v) is 11.1. The van der Waals surface area contributed by atoms with Crippen LogP contribution in [-0.2, 0) is 0 Å². The van der Waals surface area contributed by atoms with Gasteiger partial charge in [0.15, 0.2) is 5.58 Å². The molecule has 3 heterocycles. The van der Waals surface area contributed by atoms with Gasteiger partial charge in [0.1, 0.15) is 6.17 Å². The van der Waals surface area contributed by atoms with E-state index in [4.69, 9.17) is 4.42 Å². The molecule has 0 amide bonds. The Kier molecular flexibility index (Phi) is 3.86. The lowest BCUT2D eigenvalue weighted by atomic mass is 10.1. The molecule has 1 saturated carbocycles. The van der Waals surface area contributed by atoms with Crippen molar-refractivity contribution >= 4 is 39.1 Å². The summed E-state index contributed by atoms with van der Waals surface area (Å²) in [4.78, 5) is 9.79. The number of aryl methyl sites for hydroxylation is 2. The lowest BCUT2D eigenvalue weighted by molar-refractivity contribution is 0.553. The third-order valence-corrected chi connectivity index (χ3v) is 6.98. The minimum atomic E-state index is 0.248. The van der Waals surface area contributed by atoms with E-state index >= 15 is 0 Å². The predicted molar refractivity (Wildman–Crippen MR) is 124 cm³/mol. The Morgan fingerprint density at radius 2 is 1.63 bits per heavy atom. The molecule has 1 aliphatic heterocycles.